The molecular weight excluding hydrogens is 329 g/mol. The SMILES string of the molecule is Fc1cc(Cl)ccc1C1=NOC2(CCCCC2)C1=Cn1ccnc1. The zero-order valence-corrected chi connectivity index (χ0v) is 13.8. The van der Waals surface area contributed by atoms with Crippen LogP contribution >= 0.6 is 11.6 Å². The summed E-state index contributed by atoms with van der Waals surface area (Å²) in [5, 5.41) is 4.63. The van der Waals surface area contributed by atoms with E-state index in [1.807, 2.05) is 17.0 Å². The van der Waals surface area contributed by atoms with Crippen LogP contribution in [-0.2, 0) is 4.84 Å². The number of hydrogen-bond acceptors (Lipinski definition) is 3. The molecule has 2 aliphatic rings. The maximum Gasteiger partial charge on any atom is 0.166 e. The predicted octanol–water partition coefficient (Wildman–Crippen LogP) is 4.65. The number of oxime groups is 1. The van der Waals surface area contributed by atoms with Crippen LogP contribution < -0.4 is 0 Å². The van der Waals surface area contributed by atoms with Gasteiger partial charge in [-0.15, -0.1) is 0 Å². The molecule has 1 spiro atoms. The highest BCUT2D eigenvalue weighted by Gasteiger charge is 2.46. The molecule has 0 unspecified atom stereocenters. The number of benzene rings is 1. The van der Waals surface area contributed by atoms with Crippen LogP contribution in [0.2, 0.25) is 5.02 Å². The Balaban J connectivity index is 1.81. The summed E-state index contributed by atoms with van der Waals surface area (Å²) in [5.41, 5.74) is 1.39. The molecule has 0 atom stereocenters. The van der Waals surface area contributed by atoms with Crippen molar-refractivity contribution < 1.29 is 9.23 Å². The first kappa shape index (κ1) is 15.4. The molecule has 1 aliphatic carbocycles. The lowest BCUT2D eigenvalue weighted by Gasteiger charge is -2.32. The number of aromatic nitrogens is 2. The van der Waals surface area contributed by atoms with E-state index in [2.05, 4.69) is 10.1 Å². The topological polar surface area (TPSA) is 39.4 Å². The van der Waals surface area contributed by atoms with E-state index in [1.165, 1.54) is 12.5 Å². The third-order valence-corrected chi connectivity index (χ3v) is 4.94. The van der Waals surface area contributed by atoms with Gasteiger partial charge in [0.05, 0.1) is 6.33 Å². The van der Waals surface area contributed by atoms with Crippen molar-refractivity contribution in [1.82, 2.24) is 9.55 Å². The van der Waals surface area contributed by atoms with Crippen molar-refractivity contribution in [3.8, 4) is 0 Å². The van der Waals surface area contributed by atoms with Gasteiger partial charge in [0.25, 0.3) is 0 Å². The molecule has 0 radical (unpaired) electrons. The zero-order valence-electron chi connectivity index (χ0n) is 13.1. The first-order valence-corrected chi connectivity index (χ1v) is 8.47. The zero-order chi connectivity index (χ0) is 16.6. The van der Waals surface area contributed by atoms with Gasteiger partial charge in [-0.2, -0.15) is 0 Å². The molecule has 2 aromatic rings. The lowest BCUT2D eigenvalue weighted by molar-refractivity contribution is -0.0214. The Kier molecular flexibility index (Phi) is 3.88. The number of halogens is 2. The fourth-order valence-electron chi connectivity index (χ4n) is 3.48. The van der Waals surface area contributed by atoms with E-state index in [0.29, 0.717) is 16.3 Å². The third kappa shape index (κ3) is 2.63. The quantitative estimate of drug-likeness (QED) is 0.794. The minimum atomic E-state index is -0.468. The summed E-state index contributed by atoms with van der Waals surface area (Å²) in [4.78, 5) is 9.95. The second kappa shape index (κ2) is 6.06. The number of nitrogens with zero attached hydrogens (tertiary/aromatic N) is 3. The highest BCUT2D eigenvalue weighted by molar-refractivity contribution is 6.30. The van der Waals surface area contributed by atoms with Gasteiger partial charge in [-0.25, -0.2) is 9.37 Å². The fraction of sp³-hybridized carbons (Fsp3) is 0.333. The van der Waals surface area contributed by atoms with Gasteiger partial charge in [-0.1, -0.05) is 23.2 Å². The summed E-state index contributed by atoms with van der Waals surface area (Å²) in [6, 6.07) is 4.63. The summed E-state index contributed by atoms with van der Waals surface area (Å²) >= 11 is 5.88. The number of rotatable bonds is 2. The van der Waals surface area contributed by atoms with Crippen molar-refractivity contribution in [3.63, 3.8) is 0 Å². The number of hydrogen-bond donors (Lipinski definition) is 0. The summed E-state index contributed by atoms with van der Waals surface area (Å²) in [7, 11) is 0. The Labute approximate surface area is 144 Å². The standard InChI is InChI=1S/C18H17ClFN3O/c19-13-4-5-14(16(20)10-13)17-15(11-23-9-8-21-12-23)18(24-22-17)6-2-1-3-7-18/h4-5,8-12H,1-3,6-7H2. The van der Waals surface area contributed by atoms with Gasteiger partial charge in [-0.05, 0) is 43.9 Å². The van der Waals surface area contributed by atoms with Crippen LogP contribution in [0.4, 0.5) is 4.39 Å². The van der Waals surface area contributed by atoms with Crippen molar-refractivity contribution in [2.24, 2.45) is 5.16 Å². The molecule has 24 heavy (non-hydrogen) atoms. The normalized spacial score (nSPS) is 21.1. The van der Waals surface area contributed by atoms with E-state index in [9.17, 15) is 4.39 Å². The molecule has 0 N–H and O–H groups in total. The Morgan fingerprint density at radius 3 is 2.79 bits per heavy atom. The van der Waals surface area contributed by atoms with Gasteiger partial charge < -0.3 is 9.40 Å². The molecule has 0 saturated heterocycles. The molecule has 1 aromatic carbocycles. The highest BCUT2D eigenvalue weighted by atomic mass is 35.5. The van der Waals surface area contributed by atoms with Gasteiger partial charge in [0, 0.05) is 34.8 Å². The highest BCUT2D eigenvalue weighted by Crippen LogP contribution is 2.43. The molecule has 4 rings (SSSR count). The Bertz CT molecular complexity index is 808. The maximum absolute atomic E-state index is 14.4. The maximum atomic E-state index is 14.4. The van der Waals surface area contributed by atoms with E-state index >= 15 is 0 Å². The van der Waals surface area contributed by atoms with Crippen LogP contribution in [0.25, 0.3) is 6.20 Å². The Morgan fingerprint density at radius 2 is 2.08 bits per heavy atom. The summed E-state index contributed by atoms with van der Waals surface area (Å²) < 4.78 is 16.3. The average Bonchev–Trinajstić information content (AvgIpc) is 3.19. The van der Waals surface area contributed by atoms with Crippen molar-refractivity contribution in [1.29, 1.82) is 0 Å². The lowest BCUT2D eigenvalue weighted by atomic mass is 9.77. The third-order valence-electron chi connectivity index (χ3n) is 4.71. The Morgan fingerprint density at radius 1 is 1.25 bits per heavy atom. The van der Waals surface area contributed by atoms with Crippen molar-refractivity contribution in [2.75, 3.05) is 0 Å². The largest absolute Gasteiger partial charge is 0.384 e. The van der Waals surface area contributed by atoms with Gasteiger partial charge in [-0.3, -0.25) is 0 Å². The van der Waals surface area contributed by atoms with Crippen LogP contribution in [0.15, 0.2) is 47.6 Å². The van der Waals surface area contributed by atoms with Crippen molar-refractivity contribution in [3.05, 3.63) is 58.9 Å². The Hall–Kier alpha value is -2.14. The summed E-state index contributed by atoms with van der Waals surface area (Å²) in [6.45, 7) is 0. The molecule has 124 valence electrons. The van der Waals surface area contributed by atoms with Crippen LogP contribution in [-0.4, -0.2) is 20.9 Å². The van der Waals surface area contributed by atoms with Gasteiger partial charge >= 0.3 is 0 Å². The van der Waals surface area contributed by atoms with Crippen LogP contribution in [0.1, 0.15) is 37.7 Å². The lowest BCUT2D eigenvalue weighted by Crippen LogP contribution is -2.34. The molecule has 1 aromatic heterocycles. The molecule has 2 heterocycles. The molecule has 0 amide bonds. The van der Waals surface area contributed by atoms with Crippen molar-refractivity contribution >= 4 is 23.5 Å². The van der Waals surface area contributed by atoms with Crippen LogP contribution in [0.3, 0.4) is 0 Å². The van der Waals surface area contributed by atoms with E-state index in [4.69, 9.17) is 16.4 Å². The van der Waals surface area contributed by atoms with Gasteiger partial charge in [0.15, 0.2) is 5.60 Å². The second-order valence-corrected chi connectivity index (χ2v) is 6.70. The van der Waals surface area contributed by atoms with E-state index in [0.717, 1.165) is 31.3 Å². The van der Waals surface area contributed by atoms with E-state index in [1.54, 1.807) is 24.7 Å². The minimum Gasteiger partial charge on any atom is -0.384 e. The van der Waals surface area contributed by atoms with E-state index < -0.39 is 11.4 Å². The number of imidazole rings is 1. The fourth-order valence-corrected chi connectivity index (χ4v) is 3.64. The smallest absolute Gasteiger partial charge is 0.166 e. The van der Waals surface area contributed by atoms with Crippen LogP contribution in [0, 0.1) is 5.82 Å². The summed E-state index contributed by atoms with van der Waals surface area (Å²) in [6.07, 6.45) is 12.3. The molecule has 6 heteroatoms. The van der Waals surface area contributed by atoms with Gasteiger partial charge in [0.2, 0.25) is 0 Å². The minimum absolute atomic E-state index is 0.364. The second-order valence-electron chi connectivity index (χ2n) is 6.26. The average molecular weight is 346 g/mol. The molecule has 4 nitrogen and oxygen atoms in total. The summed E-state index contributed by atoms with van der Waals surface area (Å²) in [5.74, 6) is -0.394. The molecule has 0 bridgehead atoms. The first-order valence-electron chi connectivity index (χ1n) is 8.10. The van der Waals surface area contributed by atoms with E-state index in [-0.39, 0.29) is 0 Å². The molecule has 1 saturated carbocycles. The molecule has 1 aliphatic heterocycles. The first-order chi connectivity index (χ1) is 11.7. The monoisotopic (exact) mass is 345 g/mol. The molecular formula is C18H17ClFN3O. The molecule has 1 fully saturated rings. The van der Waals surface area contributed by atoms with Gasteiger partial charge in [0.1, 0.15) is 11.5 Å². The van der Waals surface area contributed by atoms with Crippen LogP contribution in [0.5, 0.6) is 0 Å². The predicted molar refractivity (Wildman–Crippen MR) is 91.3 cm³/mol. The van der Waals surface area contributed by atoms with Crippen molar-refractivity contribution in [2.45, 2.75) is 37.7 Å².